The van der Waals surface area contributed by atoms with Crippen LogP contribution in [-0.2, 0) is 14.3 Å². The van der Waals surface area contributed by atoms with Gasteiger partial charge in [-0.05, 0) is 48.9 Å². The van der Waals surface area contributed by atoms with Crippen molar-refractivity contribution >= 4 is 41.2 Å². The number of amides is 1. The van der Waals surface area contributed by atoms with Gasteiger partial charge in [-0.2, -0.15) is 0 Å². The van der Waals surface area contributed by atoms with E-state index in [-0.39, 0.29) is 6.04 Å². The zero-order valence-electron chi connectivity index (χ0n) is 16.2. The van der Waals surface area contributed by atoms with E-state index < -0.39 is 18.5 Å². The molecule has 0 aliphatic rings. The standard InChI is InChI=1S/C21H21Cl2NO5/c1-13(16-11-15(27-2)6-8-19(16)28-3)24-20(25)12-29-21(26)9-5-14-4-7-17(22)18(23)10-14/h4-11,13H,12H2,1-3H3,(H,24,25)/b9-5+. The summed E-state index contributed by atoms with van der Waals surface area (Å²) >= 11 is 11.8. The maximum atomic E-state index is 12.1. The lowest BCUT2D eigenvalue weighted by Gasteiger charge is -2.18. The summed E-state index contributed by atoms with van der Waals surface area (Å²) < 4.78 is 15.5. The Labute approximate surface area is 179 Å². The monoisotopic (exact) mass is 437 g/mol. The van der Waals surface area contributed by atoms with Crippen molar-refractivity contribution < 1.29 is 23.8 Å². The Morgan fingerprint density at radius 3 is 2.48 bits per heavy atom. The average Bonchev–Trinajstić information content (AvgIpc) is 2.72. The molecule has 154 valence electrons. The number of benzene rings is 2. The number of methoxy groups -OCH3 is 2. The van der Waals surface area contributed by atoms with Crippen molar-refractivity contribution in [1.29, 1.82) is 0 Å². The highest BCUT2D eigenvalue weighted by Crippen LogP contribution is 2.29. The minimum absolute atomic E-state index is 0.377. The number of nitrogens with one attached hydrogen (secondary N) is 1. The molecule has 0 fully saturated rings. The van der Waals surface area contributed by atoms with Gasteiger partial charge in [0.25, 0.3) is 5.91 Å². The van der Waals surface area contributed by atoms with Gasteiger partial charge in [0, 0.05) is 11.6 Å². The first kappa shape index (κ1) is 22.6. The lowest BCUT2D eigenvalue weighted by molar-refractivity contribution is -0.144. The molecule has 0 aliphatic heterocycles. The summed E-state index contributed by atoms with van der Waals surface area (Å²) in [7, 11) is 3.10. The molecular weight excluding hydrogens is 417 g/mol. The number of halogens is 2. The first-order valence-corrected chi connectivity index (χ1v) is 9.40. The summed E-state index contributed by atoms with van der Waals surface area (Å²) in [4.78, 5) is 24.0. The molecule has 1 unspecified atom stereocenters. The highest BCUT2D eigenvalue weighted by atomic mass is 35.5. The largest absolute Gasteiger partial charge is 0.497 e. The third-order valence-corrected chi connectivity index (χ3v) is 4.72. The molecular formula is C21H21Cl2NO5. The molecule has 0 aromatic heterocycles. The molecule has 29 heavy (non-hydrogen) atoms. The summed E-state index contributed by atoms with van der Waals surface area (Å²) in [6.07, 6.45) is 2.73. The predicted molar refractivity (Wildman–Crippen MR) is 113 cm³/mol. The van der Waals surface area contributed by atoms with Crippen molar-refractivity contribution in [3.05, 3.63) is 63.6 Å². The first-order valence-electron chi connectivity index (χ1n) is 8.65. The Morgan fingerprint density at radius 1 is 1.07 bits per heavy atom. The second kappa shape index (κ2) is 10.7. The molecule has 2 rings (SSSR count). The highest BCUT2D eigenvalue weighted by Gasteiger charge is 2.16. The lowest BCUT2D eigenvalue weighted by Crippen LogP contribution is -2.31. The molecule has 0 heterocycles. The maximum Gasteiger partial charge on any atom is 0.331 e. The zero-order chi connectivity index (χ0) is 21.4. The van der Waals surface area contributed by atoms with Gasteiger partial charge < -0.3 is 19.5 Å². The summed E-state index contributed by atoms with van der Waals surface area (Å²) in [5, 5.41) is 3.56. The van der Waals surface area contributed by atoms with Gasteiger partial charge in [0.05, 0.1) is 30.3 Å². The molecule has 0 aliphatic carbocycles. The fourth-order valence-corrected chi connectivity index (χ4v) is 2.81. The quantitative estimate of drug-likeness (QED) is 0.487. The minimum atomic E-state index is -0.655. The van der Waals surface area contributed by atoms with E-state index in [1.54, 1.807) is 57.5 Å². The van der Waals surface area contributed by atoms with Crippen molar-refractivity contribution in [1.82, 2.24) is 5.32 Å². The molecule has 1 N–H and O–H groups in total. The van der Waals surface area contributed by atoms with Crippen LogP contribution in [0.4, 0.5) is 0 Å². The van der Waals surface area contributed by atoms with Gasteiger partial charge in [0.2, 0.25) is 0 Å². The number of hydrogen-bond acceptors (Lipinski definition) is 5. The van der Waals surface area contributed by atoms with Crippen LogP contribution in [0.1, 0.15) is 24.1 Å². The average molecular weight is 438 g/mol. The molecule has 2 aromatic rings. The van der Waals surface area contributed by atoms with Gasteiger partial charge in [0.1, 0.15) is 11.5 Å². The van der Waals surface area contributed by atoms with E-state index in [4.69, 9.17) is 37.4 Å². The fourth-order valence-electron chi connectivity index (χ4n) is 2.50. The lowest BCUT2D eigenvalue weighted by atomic mass is 10.1. The van der Waals surface area contributed by atoms with Crippen LogP contribution in [0, 0.1) is 0 Å². The van der Waals surface area contributed by atoms with Crippen molar-refractivity contribution in [2.75, 3.05) is 20.8 Å². The van der Waals surface area contributed by atoms with E-state index in [0.717, 1.165) is 5.56 Å². The van der Waals surface area contributed by atoms with Crippen LogP contribution in [-0.4, -0.2) is 32.7 Å². The highest BCUT2D eigenvalue weighted by molar-refractivity contribution is 6.42. The molecule has 0 saturated heterocycles. The van der Waals surface area contributed by atoms with E-state index >= 15 is 0 Å². The third-order valence-electron chi connectivity index (χ3n) is 3.98. The normalized spacial score (nSPS) is 11.8. The Balaban J connectivity index is 1.89. The van der Waals surface area contributed by atoms with Gasteiger partial charge >= 0.3 is 5.97 Å². The van der Waals surface area contributed by atoms with Gasteiger partial charge in [-0.25, -0.2) is 4.79 Å². The number of hydrogen-bond donors (Lipinski definition) is 1. The molecule has 8 heteroatoms. The maximum absolute atomic E-state index is 12.1. The van der Waals surface area contributed by atoms with E-state index in [2.05, 4.69) is 5.32 Å². The van der Waals surface area contributed by atoms with Crippen LogP contribution in [0.3, 0.4) is 0 Å². The molecule has 1 amide bonds. The zero-order valence-corrected chi connectivity index (χ0v) is 17.7. The van der Waals surface area contributed by atoms with Crippen molar-refractivity contribution in [2.24, 2.45) is 0 Å². The number of rotatable bonds is 8. The van der Waals surface area contributed by atoms with Crippen LogP contribution >= 0.6 is 23.2 Å². The van der Waals surface area contributed by atoms with E-state index in [0.29, 0.717) is 27.1 Å². The van der Waals surface area contributed by atoms with Crippen LogP contribution in [0.15, 0.2) is 42.5 Å². The first-order chi connectivity index (χ1) is 13.8. The molecule has 0 radical (unpaired) electrons. The van der Waals surface area contributed by atoms with Gasteiger partial charge in [-0.15, -0.1) is 0 Å². The van der Waals surface area contributed by atoms with Crippen LogP contribution in [0.5, 0.6) is 11.5 Å². The SMILES string of the molecule is COc1ccc(OC)c(C(C)NC(=O)COC(=O)/C=C/c2ccc(Cl)c(Cl)c2)c1. The molecule has 0 saturated carbocycles. The van der Waals surface area contributed by atoms with E-state index in [9.17, 15) is 9.59 Å². The molecule has 1 atom stereocenters. The molecule has 0 bridgehead atoms. The number of esters is 1. The molecule has 6 nitrogen and oxygen atoms in total. The molecule has 2 aromatic carbocycles. The third kappa shape index (κ3) is 6.69. The number of carbonyl (C=O) groups excluding carboxylic acids is 2. The Morgan fingerprint density at radius 2 is 1.83 bits per heavy atom. The second-order valence-corrected chi connectivity index (χ2v) is 6.83. The van der Waals surface area contributed by atoms with Crippen molar-refractivity contribution in [3.8, 4) is 11.5 Å². The summed E-state index contributed by atoms with van der Waals surface area (Å²) in [6.45, 7) is 1.38. The van der Waals surface area contributed by atoms with Crippen LogP contribution < -0.4 is 14.8 Å². The predicted octanol–water partition coefficient (Wildman–Crippen LogP) is 4.44. The van der Waals surface area contributed by atoms with Crippen LogP contribution in [0.25, 0.3) is 6.08 Å². The van der Waals surface area contributed by atoms with Crippen LogP contribution in [0.2, 0.25) is 10.0 Å². The Bertz CT molecular complexity index is 914. The Hall–Kier alpha value is -2.70. The topological polar surface area (TPSA) is 73.9 Å². The fraction of sp³-hybridized carbons (Fsp3) is 0.238. The van der Waals surface area contributed by atoms with E-state index in [1.165, 1.54) is 12.2 Å². The van der Waals surface area contributed by atoms with Gasteiger partial charge in [-0.3, -0.25) is 4.79 Å². The minimum Gasteiger partial charge on any atom is -0.497 e. The second-order valence-electron chi connectivity index (χ2n) is 6.01. The summed E-state index contributed by atoms with van der Waals surface area (Å²) in [5.41, 5.74) is 1.42. The van der Waals surface area contributed by atoms with E-state index in [1.807, 2.05) is 0 Å². The van der Waals surface area contributed by atoms with Gasteiger partial charge in [0.15, 0.2) is 6.61 Å². The Kier molecular flexibility index (Phi) is 8.36. The number of ether oxygens (including phenoxy) is 3. The summed E-state index contributed by atoms with van der Waals surface area (Å²) in [5.74, 6) is 0.150. The molecule has 0 spiro atoms. The summed E-state index contributed by atoms with van der Waals surface area (Å²) in [6, 6.07) is 9.85. The van der Waals surface area contributed by atoms with Gasteiger partial charge in [-0.1, -0.05) is 29.3 Å². The number of carbonyl (C=O) groups is 2. The van der Waals surface area contributed by atoms with Crippen molar-refractivity contribution in [2.45, 2.75) is 13.0 Å². The van der Waals surface area contributed by atoms with Crippen molar-refractivity contribution in [3.63, 3.8) is 0 Å². The smallest absolute Gasteiger partial charge is 0.331 e.